The van der Waals surface area contributed by atoms with Crippen LogP contribution in [0.15, 0.2) is 68.7 Å². The Labute approximate surface area is 192 Å². The number of likely N-dealkylation sites (tertiary alicyclic amines) is 1. The molecule has 1 fully saturated rings. The van der Waals surface area contributed by atoms with E-state index in [0.717, 1.165) is 34.0 Å². The maximum Gasteiger partial charge on any atom is 0.280 e. The first-order chi connectivity index (χ1) is 15.6. The summed E-state index contributed by atoms with van der Waals surface area (Å²) in [6, 6.07) is 18.5. The lowest BCUT2D eigenvalue weighted by molar-refractivity contribution is 0.331. The molecule has 1 saturated heterocycles. The number of fused-ring (bicyclic) bond motifs is 1. The van der Waals surface area contributed by atoms with Crippen molar-refractivity contribution in [2.45, 2.75) is 31.2 Å². The van der Waals surface area contributed by atoms with Crippen molar-refractivity contribution >= 4 is 22.9 Å². The number of nitrogens with zero attached hydrogens (tertiary/aromatic N) is 3. The standard InChI is InChI=1S/C26H27N3O2S/c1-3-32-23-9-5-4-8-20(23)25-27-24-22(31-25)16-21(28(2)26(24)30)19-12-10-18(11-13-19)17-29-14-6-7-15-29/h4-5,8-13,16H,3,6-7,14-15,17H2,1-2H3. The van der Waals surface area contributed by atoms with Crippen molar-refractivity contribution in [1.29, 1.82) is 0 Å². The first-order valence-electron chi connectivity index (χ1n) is 11.2. The third kappa shape index (κ3) is 4.00. The van der Waals surface area contributed by atoms with E-state index in [9.17, 15) is 4.79 Å². The summed E-state index contributed by atoms with van der Waals surface area (Å²) in [7, 11) is 1.80. The minimum atomic E-state index is -0.144. The van der Waals surface area contributed by atoms with Crippen LogP contribution in [-0.2, 0) is 13.6 Å². The fraction of sp³-hybridized carbons (Fsp3) is 0.308. The predicted molar refractivity (Wildman–Crippen MR) is 131 cm³/mol. The summed E-state index contributed by atoms with van der Waals surface area (Å²) in [5.74, 6) is 1.45. The lowest BCUT2D eigenvalue weighted by Crippen LogP contribution is -2.19. The van der Waals surface area contributed by atoms with Gasteiger partial charge >= 0.3 is 0 Å². The molecule has 0 aliphatic carbocycles. The zero-order valence-electron chi connectivity index (χ0n) is 18.5. The van der Waals surface area contributed by atoms with E-state index in [1.54, 1.807) is 23.4 Å². The van der Waals surface area contributed by atoms with Gasteiger partial charge in [0.1, 0.15) is 0 Å². The van der Waals surface area contributed by atoms with Crippen LogP contribution in [0.1, 0.15) is 25.3 Å². The molecule has 0 N–H and O–H groups in total. The van der Waals surface area contributed by atoms with Crippen molar-refractivity contribution in [1.82, 2.24) is 14.5 Å². The Balaban J connectivity index is 1.51. The number of pyridine rings is 1. The summed E-state index contributed by atoms with van der Waals surface area (Å²) in [5.41, 5.74) is 4.79. The third-order valence-corrected chi connectivity index (χ3v) is 7.02. The van der Waals surface area contributed by atoms with Crippen molar-refractivity contribution in [3.63, 3.8) is 0 Å². The normalized spacial score (nSPS) is 14.4. The fourth-order valence-corrected chi connectivity index (χ4v) is 5.17. The molecule has 5 rings (SSSR count). The molecule has 5 nitrogen and oxygen atoms in total. The maximum atomic E-state index is 13.1. The first-order valence-corrected chi connectivity index (χ1v) is 12.2. The van der Waals surface area contributed by atoms with E-state index < -0.39 is 0 Å². The van der Waals surface area contributed by atoms with Crippen molar-refractivity contribution in [3.05, 3.63) is 70.5 Å². The number of aromatic nitrogens is 2. The first kappa shape index (κ1) is 21.0. The lowest BCUT2D eigenvalue weighted by Gasteiger charge is -2.15. The molecule has 1 aliphatic rings. The van der Waals surface area contributed by atoms with Crippen LogP contribution in [-0.4, -0.2) is 33.3 Å². The minimum Gasteiger partial charge on any atom is -0.436 e. The molecule has 0 spiro atoms. The zero-order valence-corrected chi connectivity index (χ0v) is 19.3. The molecule has 3 heterocycles. The van der Waals surface area contributed by atoms with Gasteiger partial charge in [0.15, 0.2) is 11.1 Å². The van der Waals surface area contributed by atoms with Crippen LogP contribution in [0.2, 0.25) is 0 Å². The smallest absolute Gasteiger partial charge is 0.280 e. The van der Waals surface area contributed by atoms with E-state index in [1.807, 2.05) is 24.3 Å². The number of rotatable bonds is 6. The van der Waals surface area contributed by atoms with Gasteiger partial charge in [-0.1, -0.05) is 43.3 Å². The number of benzene rings is 2. The highest BCUT2D eigenvalue weighted by atomic mass is 32.2. The van der Waals surface area contributed by atoms with Crippen LogP contribution in [0.4, 0.5) is 0 Å². The van der Waals surface area contributed by atoms with E-state index in [2.05, 4.69) is 47.1 Å². The molecule has 2 aromatic heterocycles. The van der Waals surface area contributed by atoms with Gasteiger partial charge in [0.05, 0.1) is 11.3 Å². The summed E-state index contributed by atoms with van der Waals surface area (Å²) in [6.07, 6.45) is 2.59. The molecular formula is C26H27N3O2S. The predicted octanol–water partition coefficient (Wildman–Crippen LogP) is 5.57. The molecule has 0 atom stereocenters. The van der Waals surface area contributed by atoms with Gasteiger partial charge in [-0.3, -0.25) is 9.69 Å². The van der Waals surface area contributed by atoms with Crippen LogP contribution in [0.25, 0.3) is 33.8 Å². The number of oxazole rings is 1. The second kappa shape index (κ2) is 8.96. The summed E-state index contributed by atoms with van der Waals surface area (Å²) in [6.45, 7) is 5.46. The summed E-state index contributed by atoms with van der Waals surface area (Å²) in [5, 5.41) is 0. The van der Waals surface area contributed by atoms with E-state index in [0.29, 0.717) is 17.0 Å². The van der Waals surface area contributed by atoms with Crippen LogP contribution >= 0.6 is 11.8 Å². The highest BCUT2D eigenvalue weighted by Crippen LogP contribution is 2.33. The second-order valence-electron chi connectivity index (χ2n) is 8.23. The van der Waals surface area contributed by atoms with Crippen LogP contribution < -0.4 is 5.56 Å². The summed E-state index contributed by atoms with van der Waals surface area (Å²) < 4.78 is 7.77. The fourth-order valence-electron chi connectivity index (χ4n) is 4.37. The SMILES string of the molecule is CCSc1ccccc1-c1nc2c(=O)n(C)c(-c3ccc(CN4CCCC4)cc3)cc2o1. The van der Waals surface area contributed by atoms with Crippen molar-refractivity contribution < 1.29 is 4.42 Å². The Hall–Kier alpha value is -2.83. The van der Waals surface area contributed by atoms with Crippen molar-refractivity contribution in [2.75, 3.05) is 18.8 Å². The van der Waals surface area contributed by atoms with Gasteiger partial charge in [0.2, 0.25) is 5.89 Å². The molecule has 0 radical (unpaired) electrons. The molecule has 0 bridgehead atoms. The minimum absolute atomic E-state index is 0.144. The van der Waals surface area contributed by atoms with E-state index in [-0.39, 0.29) is 5.56 Å². The van der Waals surface area contributed by atoms with E-state index >= 15 is 0 Å². The van der Waals surface area contributed by atoms with Gasteiger partial charge < -0.3 is 8.98 Å². The molecular weight excluding hydrogens is 418 g/mol. The quantitative estimate of drug-likeness (QED) is 0.363. The van der Waals surface area contributed by atoms with Gasteiger partial charge in [-0.25, -0.2) is 4.98 Å². The molecule has 2 aromatic carbocycles. The third-order valence-electron chi connectivity index (χ3n) is 6.06. The number of hydrogen-bond donors (Lipinski definition) is 0. The Morgan fingerprint density at radius 1 is 1.06 bits per heavy atom. The largest absolute Gasteiger partial charge is 0.436 e. The molecule has 4 aromatic rings. The average molecular weight is 446 g/mol. The highest BCUT2D eigenvalue weighted by Gasteiger charge is 2.18. The molecule has 32 heavy (non-hydrogen) atoms. The number of hydrogen-bond acceptors (Lipinski definition) is 5. The number of thioether (sulfide) groups is 1. The van der Waals surface area contributed by atoms with Crippen molar-refractivity contribution in [3.8, 4) is 22.7 Å². The van der Waals surface area contributed by atoms with Crippen LogP contribution in [0.3, 0.4) is 0 Å². The Morgan fingerprint density at radius 2 is 1.81 bits per heavy atom. The Kier molecular flexibility index (Phi) is 5.89. The topological polar surface area (TPSA) is 51.3 Å². The monoisotopic (exact) mass is 445 g/mol. The molecule has 1 aliphatic heterocycles. The lowest BCUT2D eigenvalue weighted by atomic mass is 10.1. The average Bonchev–Trinajstić information content (AvgIpc) is 3.48. The maximum absolute atomic E-state index is 13.1. The molecule has 0 saturated carbocycles. The highest BCUT2D eigenvalue weighted by molar-refractivity contribution is 7.99. The summed E-state index contributed by atoms with van der Waals surface area (Å²) >= 11 is 1.74. The molecule has 0 unspecified atom stereocenters. The molecule has 164 valence electrons. The van der Waals surface area contributed by atoms with Crippen molar-refractivity contribution in [2.24, 2.45) is 7.05 Å². The Bertz CT molecular complexity index is 1300. The van der Waals surface area contributed by atoms with Gasteiger partial charge in [0, 0.05) is 24.6 Å². The summed E-state index contributed by atoms with van der Waals surface area (Å²) in [4.78, 5) is 21.3. The van der Waals surface area contributed by atoms with Crippen LogP contribution in [0.5, 0.6) is 0 Å². The zero-order chi connectivity index (χ0) is 22.1. The van der Waals surface area contributed by atoms with Gasteiger partial charge in [0.25, 0.3) is 5.56 Å². The van der Waals surface area contributed by atoms with Crippen LogP contribution in [0, 0.1) is 0 Å². The molecule has 0 amide bonds. The molecule has 6 heteroatoms. The van der Waals surface area contributed by atoms with Gasteiger partial charge in [-0.2, -0.15) is 0 Å². The van der Waals surface area contributed by atoms with E-state index in [4.69, 9.17) is 4.42 Å². The van der Waals surface area contributed by atoms with Gasteiger partial charge in [-0.05, 0) is 54.9 Å². The van der Waals surface area contributed by atoms with E-state index in [1.165, 1.54) is 31.5 Å². The van der Waals surface area contributed by atoms with Gasteiger partial charge in [-0.15, -0.1) is 11.8 Å². The Morgan fingerprint density at radius 3 is 2.56 bits per heavy atom. The second-order valence-corrected chi connectivity index (χ2v) is 9.54.